The number of carbonyl (C=O) groups is 2. The van der Waals surface area contributed by atoms with E-state index in [9.17, 15) is 18.0 Å². The van der Waals surface area contributed by atoms with Gasteiger partial charge in [0.1, 0.15) is 12.6 Å². The van der Waals surface area contributed by atoms with Crippen molar-refractivity contribution < 1.29 is 18.0 Å². The fourth-order valence-electron chi connectivity index (χ4n) is 4.23. The molecule has 0 radical (unpaired) electrons. The summed E-state index contributed by atoms with van der Waals surface area (Å²) in [5.74, 6) is -0.526. The molecule has 0 saturated carbocycles. The molecule has 0 aliphatic rings. The average molecular weight is 615 g/mol. The number of nitrogens with one attached hydrogen (secondary N) is 1. The molecule has 0 unspecified atom stereocenters. The Morgan fingerprint density at radius 1 is 0.923 bits per heavy atom. The molecule has 0 aromatic heterocycles. The quantitative estimate of drug-likeness (QED) is 0.314. The van der Waals surface area contributed by atoms with Crippen molar-refractivity contribution in [3.63, 3.8) is 0 Å². The van der Waals surface area contributed by atoms with Crippen molar-refractivity contribution in [3.8, 4) is 0 Å². The van der Waals surface area contributed by atoms with E-state index in [1.54, 1.807) is 24.3 Å². The summed E-state index contributed by atoms with van der Waals surface area (Å²) in [6, 6.07) is 23.3. The van der Waals surface area contributed by atoms with Crippen LogP contribution in [0.4, 0.5) is 5.69 Å². The molecule has 0 spiro atoms. The summed E-state index contributed by atoms with van der Waals surface area (Å²) in [4.78, 5) is 29.2. The maximum atomic E-state index is 14.1. The summed E-state index contributed by atoms with van der Waals surface area (Å²) in [6.07, 6.45) is 1.36. The van der Waals surface area contributed by atoms with Gasteiger partial charge < -0.3 is 10.2 Å². The first kappa shape index (κ1) is 30.4. The maximum absolute atomic E-state index is 14.1. The zero-order valence-electron chi connectivity index (χ0n) is 22.8. The molecule has 0 bridgehead atoms. The van der Waals surface area contributed by atoms with Gasteiger partial charge >= 0.3 is 0 Å². The standard InChI is InChI=1S/C30H36BrN3O4S/c1-22(2)19-32-30(36)28(18-24-12-6-5-7-13-24)33(20-25-14-10-11-23(3)17-25)29(35)21-34(39(4,37)38)27-16-9-8-15-26(27)31/h5-17,22,28H,18-21H2,1-4H3,(H,32,36)/t28-/m0/s1. The van der Waals surface area contributed by atoms with Crippen molar-refractivity contribution in [1.82, 2.24) is 10.2 Å². The van der Waals surface area contributed by atoms with E-state index in [4.69, 9.17) is 0 Å². The third-order valence-electron chi connectivity index (χ3n) is 6.19. The topological polar surface area (TPSA) is 86.8 Å². The fraction of sp³-hybridized carbons (Fsp3) is 0.333. The lowest BCUT2D eigenvalue weighted by molar-refractivity contribution is -0.140. The van der Waals surface area contributed by atoms with Gasteiger partial charge in [-0.2, -0.15) is 0 Å². The van der Waals surface area contributed by atoms with Crippen molar-refractivity contribution in [2.24, 2.45) is 5.92 Å². The Balaban J connectivity index is 2.05. The predicted molar refractivity (Wildman–Crippen MR) is 160 cm³/mol. The summed E-state index contributed by atoms with van der Waals surface area (Å²) in [7, 11) is -3.82. The Morgan fingerprint density at radius 2 is 1.56 bits per heavy atom. The predicted octanol–water partition coefficient (Wildman–Crippen LogP) is 4.94. The van der Waals surface area contributed by atoms with Crippen LogP contribution < -0.4 is 9.62 Å². The van der Waals surface area contributed by atoms with E-state index < -0.39 is 28.5 Å². The van der Waals surface area contributed by atoms with Crippen molar-refractivity contribution in [2.45, 2.75) is 39.8 Å². The summed E-state index contributed by atoms with van der Waals surface area (Å²) < 4.78 is 27.4. The first-order chi connectivity index (χ1) is 18.5. The number of rotatable bonds is 12. The van der Waals surface area contributed by atoms with E-state index >= 15 is 0 Å². The number of nitrogens with zero attached hydrogens (tertiary/aromatic N) is 2. The van der Waals surface area contributed by atoms with E-state index in [0.29, 0.717) is 16.7 Å². The van der Waals surface area contributed by atoms with Crippen LogP contribution in [0.15, 0.2) is 83.3 Å². The molecule has 0 heterocycles. The Hall–Kier alpha value is -3.17. The SMILES string of the molecule is Cc1cccc(CN(C(=O)CN(c2ccccc2Br)S(C)(=O)=O)[C@@H](Cc2ccccc2)C(=O)NCC(C)C)c1. The van der Waals surface area contributed by atoms with Crippen molar-refractivity contribution in [2.75, 3.05) is 23.7 Å². The maximum Gasteiger partial charge on any atom is 0.244 e. The number of aryl methyl sites for hydroxylation is 1. The van der Waals surface area contributed by atoms with E-state index in [1.165, 1.54) is 4.90 Å². The molecule has 3 rings (SSSR count). The lowest BCUT2D eigenvalue weighted by Crippen LogP contribution is -2.53. The van der Waals surface area contributed by atoms with Crippen LogP contribution in [0, 0.1) is 12.8 Å². The number of benzene rings is 3. The van der Waals surface area contributed by atoms with E-state index in [-0.39, 0.29) is 24.8 Å². The van der Waals surface area contributed by atoms with E-state index in [0.717, 1.165) is 27.3 Å². The molecular weight excluding hydrogens is 578 g/mol. The van der Waals surface area contributed by atoms with Gasteiger partial charge in [-0.1, -0.05) is 86.1 Å². The highest BCUT2D eigenvalue weighted by Gasteiger charge is 2.33. The lowest BCUT2D eigenvalue weighted by Gasteiger charge is -2.34. The molecule has 3 aromatic rings. The molecule has 0 aliphatic carbocycles. The Bertz CT molecular complexity index is 1380. The first-order valence-electron chi connectivity index (χ1n) is 12.8. The number of carbonyl (C=O) groups excluding carboxylic acids is 2. The van der Waals surface area contributed by atoms with Gasteiger partial charge in [0, 0.05) is 24.0 Å². The van der Waals surface area contributed by atoms with Gasteiger partial charge in [0.25, 0.3) is 0 Å². The molecule has 1 N–H and O–H groups in total. The molecule has 7 nitrogen and oxygen atoms in total. The minimum Gasteiger partial charge on any atom is -0.354 e. The van der Waals surface area contributed by atoms with Crippen LogP contribution in [0.2, 0.25) is 0 Å². The third kappa shape index (κ3) is 8.93. The smallest absolute Gasteiger partial charge is 0.244 e. The Kier molecular flexibility index (Phi) is 10.7. The van der Waals surface area contributed by atoms with Gasteiger partial charge in [-0.3, -0.25) is 13.9 Å². The van der Waals surface area contributed by atoms with Crippen LogP contribution in [0.25, 0.3) is 0 Å². The number of hydrogen-bond donors (Lipinski definition) is 1. The summed E-state index contributed by atoms with van der Waals surface area (Å²) in [5.41, 5.74) is 3.13. The molecular formula is C30H36BrN3O4S. The molecule has 0 saturated heterocycles. The Labute approximate surface area is 240 Å². The van der Waals surface area contributed by atoms with Crippen LogP contribution in [0.3, 0.4) is 0 Å². The van der Waals surface area contributed by atoms with Crippen molar-refractivity contribution >= 4 is 43.5 Å². The van der Waals surface area contributed by atoms with Crippen LogP contribution in [0.1, 0.15) is 30.5 Å². The molecule has 0 aliphatic heterocycles. The monoisotopic (exact) mass is 613 g/mol. The van der Waals surface area contributed by atoms with Gasteiger partial charge in [-0.05, 0) is 52.0 Å². The summed E-state index contributed by atoms with van der Waals surface area (Å²) in [5, 5.41) is 2.99. The highest BCUT2D eigenvalue weighted by Crippen LogP contribution is 2.28. The van der Waals surface area contributed by atoms with Gasteiger partial charge in [0.2, 0.25) is 21.8 Å². The molecule has 3 aromatic carbocycles. The number of para-hydroxylation sites is 1. The highest BCUT2D eigenvalue weighted by molar-refractivity contribution is 9.10. The summed E-state index contributed by atoms with van der Waals surface area (Å²) >= 11 is 3.41. The molecule has 39 heavy (non-hydrogen) atoms. The van der Waals surface area contributed by atoms with Gasteiger partial charge in [0.05, 0.1) is 11.9 Å². The summed E-state index contributed by atoms with van der Waals surface area (Å²) in [6.45, 7) is 6.14. The van der Waals surface area contributed by atoms with Crippen LogP contribution >= 0.6 is 15.9 Å². The number of halogens is 1. The van der Waals surface area contributed by atoms with Gasteiger partial charge in [0.15, 0.2) is 0 Å². The molecule has 2 amide bonds. The first-order valence-corrected chi connectivity index (χ1v) is 15.5. The minimum absolute atomic E-state index is 0.153. The second-order valence-corrected chi connectivity index (χ2v) is 12.8. The number of amides is 2. The zero-order valence-corrected chi connectivity index (χ0v) is 25.2. The second kappa shape index (κ2) is 13.8. The molecule has 1 atom stereocenters. The second-order valence-electron chi connectivity index (χ2n) is 10.1. The lowest BCUT2D eigenvalue weighted by atomic mass is 10.0. The Morgan fingerprint density at radius 3 is 2.18 bits per heavy atom. The van der Waals surface area contributed by atoms with Crippen LogP contribution in [0.5, 0.6) is 0 Å². The largest absolute Gasteiger partial charge is 0.354 e. The van der Waals surface area contributed by atoms with Crippen molar-refractivity contribution in [1.29, 1.82) is 0 Å². The van der Waals surface area contributed by atoms with E-state index in [1.807, 2.05) is 75.4 Å². The van der Waals surface area contributed by atoms with E-state index in [2.05, 4.69) is 21.2 Å². The van der Waals surface area contributed by atoms with Gasteiger partial charge in [-0.15, -0.1) is 0 Å². The van der Waals surface area contributed by atoms with Crippen LogP contribution in [-0.2, 0) is 32.6 Å². The zero-order chi connectivity index (χ0) is 28.6. The third-order valence-corrected chi connectivity index (χ3v) is 7.99. The number of hydrogen-bond acceptors (Lipinski definition) is 4. The van der Waals surface area contributed by atoms with Crippen LogP contribution in [-0.4, -0.2) is 50.5 Å². The normalized spacial score (nSPS) is 12.2. The minimum atomic E-state index is -3.82. The van der Waals surface area contributed by atoms with Crippen molar-refractivity contribution in [3.05, 3.63) is 100 Å². The highest BCUT2D eigenvalue weighted by atomic mass is 79.9. The average Bonchev–Trinajstić information content (AvgIpc) is 2.88. The number of anilines is 1. The van der Waals surface area contributed by atoms with Gasteiger partial charge in [-0.25, -0.2) is 8.42 Å². The fourth-order valence-corrected chi connectivity index (χ4v) is 5.71. The molecule has 9 heteroatoms. The molecule has 0 fully saturated rings. The molecule has 208 valence electrons. The number of sulfonamides is 1.